The molecule has 0 aliphatic carbocycles. The summed E-state index contributed by atoms with van der Waals surface area (Å²) in [4.78, 5) is 5.64. The van der Waals surface area contributed by atoms with Crippen LogP contribution in [-0.4, -0.2) is 60.7 Å². The molecule has 1 aliphatic rings. The van der Waals surface area contributed by atoms with Crippen LogP contribution in [0.15, 0.2) is 29.3 Å². The lowest BCUT2D eigenvalue weighted by atomic mass is 9.92. The molecule has 0 unspecified atom stereocenters. The van der Waals surface area contributed by atoms with Crippen LogP contribution < -0.4 is 4.90 Å². The van der Waals surface area contributed by atoms with E-state index < -0.39 is 33.9 Å². The molecule has 0 aromatic heterocycles. The highest BCUT2D eigenvalue weighted by Crippen LogP contribution is 2.50. The second-order valence-corrected chi connectivity index (χ2v) is 6.76. The van der Waals surface area contributed by atoms with E-state index >= 15 is 0 Å². The summed E-state index contributed by atoms with van der Waals surface area (Å²) >= 11 is 0. The summed E-state index contributed by atoms with van der Waals surface area (Å²) in [7, 11) is -4.67. The Morgan fingerprint density at radius 3 is 1.87 bits per heavy atom. The van der Waals surface area contributed by atoms with Gasteiger partial charge in [0.05, 0.1) is 6.54 Å². The summed E-state index contributed by atoms with van der Waals surface area (Å²) < 4.78 is 114. The Kier molecular flexibility index (Phi) is 8.09. The first kappa shape index (κ1) is 25.9. The predicted molar refractivity (Wildman–Crippen MR) is 92.5 cm³/mol. The van der Waals surface area contributed by atoms with Gasteiger partial charge >= 0.3 is 22.8 Å². The van der Waals surface area contributed by atoms with Crippen molar-refractivity contribution in [1.29, 1.82) is 0 Å². The third kappa shape index (κ3) is 6.45. The molecular weight excluding hydrogens is 450 g/mol. The fraction of sp³-hybridized carbons (Fsp3) is 0.533. The summed E-state index contributed by atoms with van der Waals surface area (Å²) in [6.45, 7) is 3.05. The highest BCUT2D eigenvalue weighted by Gasteiger charge is 2.71. The number of nitrogens with zero attached hydrogens (tertiary/aromatic N) is 2. The molecule has 172 valence electrons. The number of rotatable bonds is 4. The number of alkyl halides is 6. The Hall–Kier alpha value is -2.10. The maximum atomic E-state index is 12.9. The zero-order valence-electron chi connectivity index (χ0n) is 15.3. The molecule has 30 heavy (non-hydrogen) atoms. The van der Waals surface area contributed by atoms with Gasteiger partial charge < -0.3 is 9.84 Å². The number of amidine groups is 1. The second kappa shape index (κ2) is 9.36. The summed E-state index contributed by atoms with van der Waals surface area (Å²) in [6, 6.07) is 3.61. The summed E-state index contributed by atoms with van der Waals surface area (Å²) in [6.07, 6.45) is -11.2. The molecule has 1 aromatic carbocycles. The van der Waals surface area contributed by atoms with Gasteiger partial charge in [-0.2, -0.15) is 34.8 Å². The molecule has 1 aromatic rings. The third-order valence-corrected chi connectivity index (χ3v) is 3.66. The van der Waals surface area contributed by atoms with E-state index in [9.17, 15) is 31.4 Å². The minimum Gasteiger partial charge on any atom is -0.463 e. The number of hydrogen-bond acceptors (Lipinski definition) is 6. The van der Waals surface area contributed by atoms with Crippen LogP contribution in [0, 0.1) is 0 Å². The monoisotopic (exact) mass is 468 g/mol. The van der Waals surface area contributed by atoms with E-state index in [1.807, 2.05) is 6.92 Å². The van der Waals surface area contributed by atoms with Crippen molar-refractivity contribution < 1.29 is 53.7 Å². The predicted octanol–water partition coefficient (Wildman–Crippen LogP) is 2.95. The summed E-state index contributed by atoms with van der Waals surface area (Å²) in [5.41, 5.74) is -5.92. The van der Waals surface area contributed by atoms with Crippen molar-refractivity contribution in [1.82, 2.24) is 0 Å². The molecule has 1 aliphatic heterocycles. The van der Waals surface area contributed by atoms with Crippen LogP contribution in [0.1, 0.15) is 18.9 Å². The molecule has 0 spiro atoms. The fourth-order valence-corrected chi connectivity index (χ4v) is 2.42. The number of anilines is 1. The van der Waals surface area contributed by atoms with Gasteiger partial charge in [-0.1, -0.05) is 19.1 Å². The zero-order chi connectivity index (χ0) is 23.4. The van der Waals surface area contributed by atoms with Crippen molar-refractivity contribution in [3.05, 3.63) is 29.8 Å². The smallest absolute Gasteiger partial charge is 0.430 e. The minimum atomic E-state index is -5.91. The van der Waals surface area contributed by atoms with Crippen molar-refractivity contribution in [2.24, 2.45) is 4.99 Å². The molecule has 0 fully saturated rings. The van der Waals surface area contributed by atoms with Crippen LogP contribution in [0.2, 0.25) is 0 Å². The molecule has 0 bridgehead atoms. The van der Waals surface area contributed by atoms with Gasteiger partial charge in [0.1, 0.15) is 6.61 Å². The van der Waals surface area contributed by atoms with Gasteiger partial charge in [0, 0.05) is 17.8 Å². The number of benzene rings is 1. The first-order valence-corrected chi connectivity index (χ1v) is 9.53. The maximum Gasteiger partial charge on any atom is 0.430 e. The Labute approximate surface area is 167 Å². The summed E-state index contributed by atoms with van der Waals surface area (Å²) in [5.74, 6) is 0. The number of aliphatic imine (C=N–C) groups is 1. The standard InChI is InChI=1S/C15H16F6N2O2.H2O4S/c1-2-8-23(12-22-7-9-25-12)11-5-3-10(4-6-11)13(24,14(16,17)18)15(19,20)21;1-5(2,3)4/h3-6,24H,2,7-9H2,1H3;(H2,1,2,3,4). The van der Waals surface area contributed by atoms with E-state index in [0.717, 1.165) is 12.1 Å². The molecule has 8 nitrogen and oxygen atoms in total. The fourth-order valence-electron chi connectivity index (χ4n) is 2.42. The second-order valence-electron chi connectivity index (χ2n) is 5.87. The number of aliphatic hydroxyl groups is 1. The molecule has 2 rings (SSSR count). The van der Waals surface area contributed by atoms with Gasteiger partial charge in [0.25, 0.3) is 11.6 Å². The molecule has 0 atom stereocenters. The topological polar surface area (TPSA) is 120 Å². The number of hydrogen-bond donors (Lipinski definition) is 3. The third-order valence-electron chi connectivity index (χ3n) is 3.66. The Morgan fingerprint density at radius 1 is 1.07 bits per heavy atom. The van der Waals surface area contributed by atoms with Crippen molar-refractivity contribution in [2.75, 3.05) is 24.6 Å². The molecule has 0 saturated carbocycles. The van der Waals surface area contributed by atoms with E-state index in [4.69, 9.17) is 22.3 Å². The lowest BCUT2D eigenvalue weighted by Crippen LogP contribution is -2.53. The van der Waals surface area contributed by atoms with E-state index in [1.54, 1.807) is 4.90 Å². The van der Waals surface area contributed by atoms with E-state index in [1.165, 1.54) is 0 Å². The largest absolute Gasteiger partial charge is 0.463 e. The van der Waals surface area contributed by atoms with Gasteiger partial charge in [-0.25, -0.2) is 4.99 Å². The van der Waals surface area contributed by atoms with Crippen LogP contribution >= 0.6 is 0 Å². The Morgan fingerprint density at radius 2 is 1.53 bits per heavy atom. The highest BCUT2D eigenvalue weighted by atomic mass is 32.3. The minimum absolute atomic E-state index is 0.261. The molecule has 15 heteroatoms. The van der Waals surface area contributed by atoms with Crippen LogP contribution in [0.3, 0.4) is 0 Å². The van der Waals surface area contributed by atoms with E-state index in [0.29, 0.717) is 43.9 Å². The van der Waals surface area contributed by atoms with Gasteiger partial charge in [-0.15, -0.1) is 0 Å². The molecule has 0 saturated heterocycles. The maximum absolute atomic E-state index is 12.9. The van der Waals surface area contributed by atoms with Crippen LogP contribution in [-0.2, 0) is 20.7 Å². The number of ether oxygens (including phenoxy) is 1. The molecule has 1 heterocycles. The zero-order valence-corrected chi connectivity index (χ0v) is 16.1. The van der Waals surface area contributed by atoms with E-state index in [2.05, 4.69) is 4.99 Å². The highest BCUT2D eigenvalue weighted by molar-refractivity contribution is 7.79. The van der Waals surface area contributed by atoms with Gasteiger partial charge in [-0.3, -0.25) is 14.0 Å². The lowest BCUT2D eigenvalue weighted by Gasteiger charge is -2.33. The Bertz CT molecular complexity index is 817. The van der Waals surface area contributed by atoms with Gasteiger partial charge in [0.15, 0.2) is 0 Å². The lowest BCUT2D eigenvalue weighted by molar-refractivity contribution is -0.376. The van der Waals surface area contributed by atoms with Crippen molar-refractivity contribution in [2.45, 2.75) is 31.3 Å². The van der Waals surface area contributed by atoms with Crippen molar-refractivity contribution >= 4 is 22.1 Å². The summed E-state index contributed by atoms with van der Waals surface area (Å²) in [5, 5.41) is 9.39. The molecule has 0 amide bonds. The number of halogens is 6. The first-order valence-electron chi connectivity index (χ1n) is 8.13. The molecule has 0 radical (unpaired) electrons. The average molecular weight is 468 g/mol. The van der Waals surface area contributed by atoms with Crippen LogP contribution in [0.5, 0.6) is 0 Å². The first-order chi connectivity index (χ1) is 13.5. The van der Waals surface area contributed by atoms with Crippen molar-refractivity contribution in [3.8, 4) is 0 Å². The molecular formula is C15H18F6N2O6S. The normalized spacial score (nSPS) is 15.1. The molecule has 3 N–H and O–H groups in total. The van der Waals surface area contributed by atoms with E-state index in [-0.39, 0.29) is 6.02 Å². The van der Waals surface area contributed by atoms with Gasteiger partial charge in [0.2, 0.25) is 0 Å². The average Bonchev–Trinajstić information content (AvgIpc) is 3.10. The van der Waals surface area contributed by atoms with Gasteiger partial charge in [-0.05, 0) is 18.6 Å². The van der Waals surface area contributed by atoms with Crippen LogP contribution in [0.4, 0.5) is 32.0 Å². The van der Waals surface area contributed by atoms with Crippen molar-refractivity contribution in [3.63, 3.8) is 0 Å². The SMILES string of the molecule is CCCN(C1=NCCO1)c1ccc(C(O)(C(F)(F)F)C(F)(F)F)cc1.O=S(=O)(O)O. The van der Waals surface area contributed by atoms with Crippen LogP contribution in [0.25, 0.3) is 0 Å². The Balaban J connectivity index is 0.000000804. The quantitative estimate of drug-likeness (QED) is 0.459.